The van der Waals surface area contributed by atoms with E-state index in [1.54, 1.807) is 36.7 Å². The van der Waals surface area contributed by atoms with E-state index in [1.165, 1.54) is 7.05 Å². The number of amides is 3. The highest BCUT2D eigenvalue weighted by molar-refractivity contribution is 5.91. The highest BCUT2D eigenvalue weighted by Crippen LogP contribution is 2.23. The molecule has 0 aliphatic heterocycles. The van der Waals surface area contributed by atoms with Crippen LogP contribution in [0.2, 0.25) is 0 Å². The second kappa shape index (κ2) is 9.78. The lowest BCUT2D eigenvalue weighted by Gasteiger charge is -2.26. The van der Waals surface area contributed by atoms with Gasteiger partial charge in [0.2, 0.25) is 17.7 Å². The molecule has 0 radical (unpaired) electrons. The lowest BCUT2D eigenvalue weighted by atomic mass is 9.85. The smallest absolute Gasteiger partial charge is 0.246 e. The van der Waals surface area contributed by atoms with Crippen LogP contribution in [0.3, 0.4) is 0 Å². The molecule has 0 fully saturated rings. The summed E-state index contributed by atoms with van der Waals surface area (Å²) in [7, 11) is 1.50. The molecule has 0 bridgehead atoms. The average Bonchev–Trinajstić information content (AvgIpc) is 2.62. The summed E-state index contributed by atoms with van der Waals surface area (Å²) in [5, 5.41) is 14.1. The number of hydrogen-bond donors (Lipinski definition) is 4. The van der Waals surface area contributed by atoms with Gasteiger partial charge in [0.15, 0.2) is 0 Å². The summed E-state index contributed by atoms with van der Waals surface area (Å²) in [5.74, 6) is -2.60. The SMILES string of the molecule is CNC(=O)C(NC(=O)C(CC(C)C)[C@H](C)C(=O)NO)c1ccccc1. The van der Waals surface area contributed by atoms with Crippen LogP contribution in [-0.2, 0) is 14.4 Å². The first-order chi connectivity index (χ1) is 11.8. The molecule has 1 aromatic carbocycles. The Balaban J connectivity index is 3.05. The maximum Gasteiger partial charge on any atom is 0.246 e. The van der Waals surface area contributed by atoms with E-state index in [-0.39, 0.29) is 11.8 Å². The van der Waals surface area contributed by atoms with Crippen molar-refractivity contribution < 1.29 is 19.6 Å². The molecule has 4 N–H and O–H groups in total. The molecule has 0 saturated carbocycles. The molecule has 3 atom stereocenters. The fraction of sp³-hybridized carbons (Fsp3) is 0.500. The van der Waals surface area contributed by atoms with Crippen molar-refractivity contribution in [3.63, 3.8) is 0 Å². The molecule has 1 aromatic rings. The largest absolute Gasteiger partial charge is 0.357 e. The second-order valence-corrected chi connectivity index (χ2v) is 6.47. The van der Waals surface area contributed by atoms with Crippen LogP contribution in [-0.4, -0.2) is 30.0 Å². The van der Waals surface area contributed by atoms with Gasteiger partial charge in [-0.3, -0.25) is 19.6 Å². The summed E-state index contributed by atoms with van der Waals surface area (Å²) in [6.45, 7) is 5.46. The minimum Gasteiger partial charge on any atom is -0.357 e. The van der Waals surface area contributed by atoms with Crippen LogP contribution in [0.1, 0.15) is 38.8 Å². The summed E-state index contributed by atoms with van der Waals surface area (Å²) in [4.78, 5) is 36.8. The van der Waals surface area contributed by atoms with Gasteiger partial charge in [-0.25, -0.2) is 5.48 Å². The van der Waals surface area contributed by atoms with E-state index in [9.17, 15) is 14.4 Å². The zero-order valence-electron chi connectivity index (χ0n) is 15.1. The molecular formula is C18H27N3O4. The van der Waals surface area contributed by atoms with Crippen molar-refractivity contribution in [3.05, 3.63) is 35.9 Å². The molecule has 3 amide bonds. The number of likely N-dealkylation sites (N-methyl/N-ethyl adjacent to an activating group) is 1. The summed E-state index contributed by atoms with van der Waals surface area (Å²) in [6, 6.07) is 8.04. The van der Waals surface area contributed by atoms with Crippen molar-refractivity contribution in [3.8, 4) is 0 Å². The van der Waals surface area contributed by atoms with Crippen molar-refractivity contribution in [2.24, 2.45) is 17.8 Å². The molecule has 0 aliphatic rings. The molecule has 7 nitrogen and oxygen atoms in total. The zero-order valence-corrected chi connectivity index (χ0v) is 15.1. The maximum absolute atomic E-state index is 12.8. The van der Waals surface area contributed by atoms with Gasteiger partial charge in [-0.15, -0.1) is 0 Å². The van der Waals surface area contributed by atoms with Gasteiger partial charge >= 0.3 is 0 Å². The van der Waals surface area contributed by atoms with E-state index in [0.717, 1.165) is 0 Å². The van der Waals surface area contributed by atoms with Crippen LogP contribution >= 0.6 is 0 Å². The fourth-order valence-corrected chi connectivity index (χ4v) is 2.67. The van der Waals surface area contributed by atoms with Gasteiger partial charge in [-0.05, 0) is 17.9 Å². The van der Waals surface area contributed by atoms with Gasteiger partial charge in [-0.1, -0.05) is 51.1 Å². The predicted octanol–water partition coefficient (Wildman–Crippen LogP) is 1.39. The number of rotatable bonds is 8. The minimum atomic E-state index is -0.849. The topological polar surface area (TPSA) is 108 Å². The van der Waals surface area contributed by atoms with Crippen LogP contribution in [0.5, 0.6) is 0 Å². The molecule has 2 unspecified atom stereocenters. The molecule has 25 heavy (non-hydrogen) atoms. The lowest BCUT2D eigenvalue weighted by molar-refractivity contribution is -0.141. The van der Waals surface area contributed by atoms with Crippen molar-refractivity contribution in [1.29, 1.82) is 0 Å². The number of hydroxylamine groups is 1. The Morgan fingerprint density at radius 3 is 2.08 bits per heavy atom. The van der Waals surface area contributed by atoms with Crippen LogP contribution in [0, 0.1) is 17.8 Å². The highest BCUT2D eigenvalue weighted by Gasteiger charge is 2.33. The first kappa shape index (κ1) is 20.6. The molecule has 1 rings (SSSR count). The third-order valence-electron chi connectivity index (χ3n) is 4.12. The number of carbonyl (C=O) groups excluding carboxylic acids is 3. The quantitative estimate of drug-likeness (QED) is 0.420. The second-order valence-electron chi connectivity index (χ2n) is 6.47. The molecule has 0 saturated heterocycles. The van der Waals surface area contributed by atoms with Gasteiger partial charge in [-0.2, -0.15) is 0 Å². The Kier molecular flexibility index (Phi) is 8.07. The molecule has 0 aliphatic carbocycles. The van der Waals surface area contributed by atoms with E-state index < -0.39 is 29.7 Å². The van der Waals surface area contributed by atoms with Crippen molar-refractivity contribution >= 4 is 17.7 Å². The third kappa shape index (κ3) is 5.86. The van der Waals surface area contributed by atoms with E-state index in [4.69, 9.17) is 5.21 Å². The van der Waals surface area contributed by atoms with Crippen molar-refractivity contribution in [2.45, 2.75) is 33.2 Å². The van der Waals surface area contributed by atoms with Gasteiger partial charge in [0, 0.05) is 18.9 Å². The lowest BCUT2D eigenvalue weighted by Crippen LogP contribution is -2.45. The van der Waals surface area contributed by atoms with E-state index >= 15 is 0 Å². The number of hydrogen-bond acceptors (Lipinski definition) is 4. The Morgan fingerprint density at radius 1 is 1.00 bits per heavy atom. The summed E-state index contributed by atoms with van der Waals surface area (Å²) >= 11 is 0. The van der Waals surface area contributed by atoms with E-state index in [1.807, 2.05) is 19.9 Å². The summed E-state index contributed by atoms with van der Waals surface area (Å²) in [6.07, 6.45) is 0.454. The van der Waals surface area contributed by atoms with E-state index in [0.29, 0.717) is 12.0 Å². The van der Waals surface area contributed by atoms with Crippen LogP contribution in [0.4, 0.5) is 0 Å². The Hall–Kier alpha value is -2.41. The predicted molar refractivity (Wildman–Crippen MR) is 93.4 cm³/mol. The first-order valence-corrected chi connectivity index (χ1v) is 8.32. The molecule has 138 valence electrons. The monoisotopic (exact) mass is 349 g/mol. The standard InChI is InChI=1S/C18H27N3O4/c1-11(2)10-14(12(3)16(22)21-25)17(23)20-15(18(24)19-4)13-8-6-5-7-9-13/h5-9,11-12,14-15,25H,10H2,1-4H3,(H,19,24)(H,20,23)(H,21,22)/t12-,14?,15?/m0/s1. The van der Waals surface area contributed by atoms with E-state index in [2.05, 4.69) is 10.6 Å². The maximum atomic E-state index is 12.8. The molecular weight excluding hydrogens is 322 g/mol. The molecule has 7 heteroatoms. The Labute approximate surface area is 148 Å². The molecule has 0 heterocycles. The number of benzene rings is 1. The van der Waals surface area contributed by atoms with Gasteiger partial charge < -0.3 is 10.6 Å². The van der Waals surface area contributed by atoms with Crippen LogP contribution in [0.15, 0.2) is 30.3 Å². The molecule has 0 spiro atoms. The third-order valence-corrected chi connectivity index (χ3v) is 4.12. The van der Waals surface area contributed by atoms with Crippen molar-refractivity contribution in [2.75, 3.05) is 7.05 Å². The highest BCUT2D eigenvalue weighted by atomic mass is 16.5. The number of nitrogens with one attached hydrogen (secondary N) is 3. The summed E-state index contributed by atoms with van der Waals surface area (Å²) in [5.41, 5.74) is 2.24. The van der Waals surface area contributed by atoms with Crippen LogP contribution in [0.25, 0.3) is 0 Å². The Morgan fingerprint density at radius 2 is 1.60 bits per heavy atom. The van der Waals surface area contributed by atoms with Gasteiger partial charge in [0.05, 0.1) is 0 Å². The summed E-state index contributed by atoms with van der Waals surface area (Å²) < 4.78 is 0. The van der Waals surface area contributed by atoms with Gasteiger partial charge in [0.1, 0.15) is 6.04 Å². The number of carbonyl (C=O) groups is 3. The zero-order chi connectivity index (χ0) is 19.0. The first-order valence-electron chi connectivity index (χ1n) is 8.32. The fourth-order valence-electron chi connectivity index (χ4n) is 2.67. The minimum absolute atomic E-state index is 0.167. The van der Waals surface area contributed by atoms with Crippen LogP contribution < -0.4 is 16.1 Å². The average molecular weight is 349 g/mol. The van der Waals surface area contributed by atoms with Gasteiger partial charge in [0.25, 0.3) is 0 Å². The Bertz CT molecular complexity index is 589. The molecule has 0 aromatic heterocycles. The van der Waals surface area contributed by atoms with Crippen molar-refractivity contribution in [1.82, 2.24) is 16.1 Å². The normalized spacial score (nSPS) is 14.3.